The van der Waals surface area contributed by atoms with Crippen molar-refractivity contribution in [2.24, 2.45) is 0 Å². The molecule has 0 aliphatic rings. The van der Waals surface area contributed by atoms with Gasteiger partial charge in [0.2, 0.25) is 0 Å². The molecule has 1 aromatic heterocycles. The monoisotopic (exact) mass is 572 g/mol. The third-order valence-electron chi connectivity index (χ3n) is 4.92. The van der Waals surface area contributed by atoms with E-state index in [-0.39, 0.29) is 30.4 Å². The minimum absolute atomic E-state index is 0.0118. The summed E-state index contributed by atoms with van der Waals surface area (Å²) in [6.45, 7) is 4.38. The van der Waals surface area contributed by atoms with Gasteiger partial charge < -0.3 is 14.8 Å². The number of amides is 1. The van der Waals surface area contributed by atoms with Crippen LogP contribution < -0.4 is 19.1 Å². The summed E-state index contributed by atoms with van der Waals surface area (Å²) in [4.78, 5) is 12.6. The molecule has 0 saturated carbocycles. The van der Waals surface area contributed by atoms with Crippen molar-refractivity contribution < 1.29 is 31.1 Å². The molecular weight excluding hydrogens is 548 g/mol. The molecule has 1 N–H and O–H groups in total. The minimum Gasteiger partial charge on any atom is -0.490 e. The zero-order valence-corrected chi connectivity index (χ0v) is 23.1. The number of hydrogen-bond donors (Lipinski definition) is 1. The SMILES string of the molecule is CCOc1ccc(N(C)S(=O)(=O)c2cc(Cl)sc2C(=O)Nc2cccc(S(C)(=O)=O)c2)cc1OCC. The van der Waals surface area contributed by atoms with E-state index in [1.54, 1.807) is 19.1 Å². The van der Waals surface area contributed by atoms with Gasteiger partial charge in [0.25, 0.3) is 15.9 Å². The zero-order chi connectivity index (χ0) is 26.7. The maximum absolute atomic E-state index is 13.5. The number of sulfone groups is 1. The molecule has 13 heteroatoms. The van der Waals surface area contributed by atoms with E-state index in [1.807, 2.05) is 6.92 Å². The van der Waals surface area contributed by atoms with Gasteiger partial charge in [-0.15, -0.1) is 11.3 Å². The molecule has 3 rings (SSSR count). The highest BCUT2D eigenvalue weighted by molar-refractivity contribution is 7.93. The first-order valence-corrected chi connectivity index (χ1v) is 15.2. The van der Waals surface area contributed by atoms with Crippen LogP contribution in [0, 0.1) is 0 Å². The number of ether oxygens (including phenoxy) is 2. The lowest BCUT2D eigenvalue weighted by Gasteiger charge is -2.21. The van der Waals surface area contributed by atoms with Crippen LogP contribution in [0.15, 0.2) is 58.3 Å². The van der Waals surface area contributed by atoms with E-state index in [0.717, 1.165) is 21.9 Å². The van der Waals surface area contributed by atoms with Gasteiger partial charge in [-0.2, -0.15) is 0 Å². The number of rotatable bonds is 10. The molecule has 0 saturated heterocycles. The first kappa shape index (κ1) is 27.8. The Kier molecular flexibility index (Phi) is 8.55. The number of carbonyl (C=O) groups excluding carboxylic acids is 1. The predicted molar refractivity (Wildman–Crippen MR) is 141 cm³/mol. The summed E-state index contributed by atoms with van der Waals surface area (Å²) in [5.74, 6) is 0.112. The van der Waals surface area contributed by atoms with Crippen LogP contribution in [0.4, 0.5) is 11.4 Å². The van der Waals surface area contributed by atoms with Crippen molar-refractivity contribution in [2.45, 2.75) is 23.6 Å². The van der Waals surface area contributed by atoms with Gasteiger partial charge in [-0.25, -0.2) is 16.8 Å². The molecule has 0 radical (unpaired) electrons. The van der Waals surface area contributed by atoms with Gasteiger partial charge in [-0.3, -0.25) is 9.10 Å². The Hall–Kier alpha value is -2.80. The summed E-state index contributed by atoms with van der Waals surface area (Å²) in [6, 6.07) is 11.6. The topological polar surface area (TPSA) is 119 Å². The van der Waals surface area contributed by atoms with Gasteiger partial charge >= 0.3 is 0 Å². The Morgan fingerprint density at radius 2 is 1.67 bits per heavy atom. The lowest BCUT2D eigenvalue weighted by atomic mass is 10.3. The average molecular weight is 573 g/mol. The van der Waals surface area contributed by atoms with Crippen molar-refractivity contribution in [3.8, 4) is 11.5 Å². The molecule has 0 aliphatic heterocycles. The van der Waals surface area contributed by atoms with Crippen LogP contribution in [-0.2, 0) is 19.9 Å². The van der Waals surface area contributed by atoms with Crippen molar-refractivity contribution in [1.82, 2.24) is 0 Å². The summed E-state index contributed by atoms with van der Waals surface area (Å²) < 4.78 is 63.0. The van der Waals surface area contributed by atoms with Crippen LogP contribution in [0.2, 0.25) is 4.34 Å². The summed E-state index contributed by atoms with van der Waals surface area (Å²) >= 11 is 6.91. The molecule has 0 spiro atoms. The van der Waals surface area contributed by atoms with E-state index in [2.05, 4.69) is 5.32 Å². The Balaban J connectivity index is 1.96. The summed E-state index contributed by atoms with van der Waals surface area (Å²) in [5.41, 5.74) is 0.480. The fourth-order valence-electron chi connectivity index (χ4n) is 3.21. The van der Waals surface area contributed by atoms with Crippen LogP contribution >= 0.6 is 22.9 Å². The van der Waals surface area contributed by atoms with E-state index in [0.29, 0.717) is 24.7 Å². The number of nitrogens with one attached hydrogen (secondary N) is 1. The third kappa shape index (κ3) is 6.12. The maximum atomic E-state index is 13.5. The highest BCUT2D eigenvalue weighted by atomic mass is 35.5. The number of nitrogens with zero attached hydrogens (tertiary/aromatic N) is 1. The second-order valence-corrected chi connectivity index (χ2v) is 13.1. The van der Waals surface area contributed by atoms with Crippen LogP contribution in [0.1, 0.15) is 23.5 Å². The van der Waals surface area contributed by atoms with Crippen LogP contribution in [0.3, 0.4) is 0 Å². The lowest BCUT2D eigenvalue weighted by molar-refractivity contribution is 0.102. The van der Waals surface area contributed by atoms with Crippen molar-refractivity contribution >= 4 is 60.1 Å². The van der Waals surface area contributed by atoms with Crippen molar-refractivity contribution in [3.63, 3.8) is 0 Å². The van der Waals surface area contributed by atoms with Gasteiger partial charge in [-0.1, -0.05) is 17.7 Å². The van der Waals surface area contributed by atoms with Crippen molar-refractivity contribution in [1.29, 1.82) is 0 Å². The molecule has 9 nitrogen and oxygen atoms in total. The number of hydrogen-bond acceptors (Lipinski definition) is 8. The normalized spacial score (nSPS) is 11.7. The Morgan fingerprint density at radius 3 is 2.31 bits per heavy atom. The Labute approximate surface area is 219 Å². The third-order valence-corrected chi connectivity index (χ3v) is 9.24. The van der Waals surface area contributed by atoms with Gasteiger partial charge in [-0.05, 0) is 50.2 Å². The molecule has 1 amide bonds. The molecule has 36 heavy (non-hydrogen) atoms. The molecule has 0 bridgehead atoms. The van der Waals surface area contributed by atoms with E-state index >= 15 is 0 Å². The number of sulfonamides is 1. The molecule has 0 atom stereocenters. The van der Waals surface area contributed by atoms with Crippen molar-refractivity contribution in [2.75, 3.05) is 36.1 Å². The summed E-state index contributed by atoms with van der Waals surface area (Å²) in [6.07, 6.45) is 1.05. The van der Waals surface area contributed by atoms with Crippen LogP contribution in [0.25, 0.3) is 0 Å². The van der Waals surface area contributed by atoms with Gasteiger partial charge in [0, 0.05) is 25.1 Å². The number of halogens is 1. The quantitative estimate of drug-likeness (QED) is 0.374. The first-order valence-electron chi connectivity index (χ1n) is 10.7. The molecular formula is C23H25ClN2O7S3. The Bertz CT molecular complexity index is 1490. The first-order chi connectivity index (χ1) is 16.9. The van der Waals surface area contributed by atoms with E-state index in [9.17, 15) is 21.6 Å². The van der Waals surface area contributed by atoms with Crippen LogP contribution in [0.5, 0.6) is 11.5 Å². The predicted octanol–water partition coefficient (Wildman–Crippen LogP) is 4.68. The largest absolute Gasteiger partial charge is 0.490 e. The second kappa shape index (κ2) is 11.1. The van der Waals surface area contributed by atoms with Crippen LogP contribution in [-0.4, -0.2) is 49.3 Å². The minimum atomic E-state index is -4.22. The molecule has 1 heterocycles. The van der Waals surface area contributed by atoms with E-state index in [1.165, 1.54) is 43.4 Å². The van der Waals surface area contributed by atoms with E-state index in [4.69, 9.17) is 21.1 Å². The summed E-state index contributed by atoms with van der Waals surface area (Å²) in [7, 11) is -6.37. The zero-order valence-electron chi connectivity index (χ0n) is 19.9. The van der Waals surface area contributed by atoms with E-state index < -0.39 is 25.8 Å². The molecule has 0 unspecified atom stereocenters. The highest BCUT2D eigenvalue weighted by Gasteiger charge is 2.30. The lowest BCUT2D eigenvalue weighted by Crippen LogP contribution is -2.28. The van der Waals surface area contributed by atoms with Gasteiger partial charge in [0.1, 0.15) is 9.77 Å². The number of benzene rings is 2. The second-order valence-electron chi connectivity index (χ2n) is 7.47. The fourth-order valence-corrected chi connectivity index (χ4v) is 6.75. The smallest absolute Gasteiger partial charge is 0.267 e. The number of anilines is 2. The Morgan fingerprint density at radius 1 is 1.00 bits per heavy atom. The van der Waals surface area contributed by atoms with Gasteiger partial charge in [0.05, 0.1) is 28.1 Å². The standard InChI is InChI=1S/C23H25ClN2O7S3/c1-5-32-18-11-10-16(13-19(18)33-6-2)26(3)36(30,31)20-14-21(24)34-22(20)23(27)25-15-8-7-9-17(12-15)35(4,28)29/h7-14H,5-6H2,1-4H3,(H,25,27). The molecule has 2 aromatic carbocycles. The maximum Gasteiger partial charge on any atom is 0.267 e. The molecule has 194 valence electrons. The molecule has 0 fully saturated rings. The highest BCUT2D eigenvalue weighted by Crippen LogP contribution is 2.37. The van der Waals surface area contributed by atoms with Gasteiger partial charge in [0.15, 0.2) is 21.3 Å². The number of carbonyl (C=O) groups is 1. The number of thiophene rings is 1. The van der Waals surface area contributed by atoms with Crippen molar-refractivity contribution in [3.05, 3.63) is 57.7 Å². The summed E-state index contributed by atoms with van der Waals surface area (Å²) in [5, 5.41) is 2.55. The molecule has 3 aromatic rings. The molecule has 0 aliphatic carbocycles. The average Bonchev–Trinajstić information content (AvgIpc) is 3.22. The fraction of sp³-hybridized carbons (Fsp3) is 0.261.